The zero-order chi connectivity index (χ0) is 30.8. The summed E-state index contributed by atoms with van der Waals surface area (Å²) in [6.45, 7) is 4.23. The third kappa shape index (κ3) is 8.55. The van der Waals surface area contributed by atoms with E-state index in [4.69, 9.17) is 0 Å². The molecule has 1 fully saturated rings. The number of para-hydroxylation sites is 1. The number of nitrogens with zero attached hydrogens (tertiary/aromatic N) is 5. The molecule has 2 amide bonds. The van der Waals surface area contributed by atoms with Gasteiger partial charge in [-0.2, -0.15) is 13.2 Å². The second-order valence-electron chi connectivity index (χ2n) is 10.3. The van der Waals surface area contributed by atoms with Gasteiger partial charge >= 0.3 is 12.2 Å². The van der Waals surface area contributed by atoms with Gasteiger partial charge in [-0.3, -0.25) is 10.2 Å². The lowest BCUT2D eigenvalue weighted by Crippen LogP contribution is -2.31. The van der Waals surface area contributed by atoms with E-state index in [0.717, 1.165) is 37.8 Å². The van der Waals surface area contributed by atoms with Crippen molar-refractivity contribution in [1.29, 1.82) is 0 Å². The highest BCUT2D eigenvalue weighted by Gasteiger charge is 2.31. The van der Waals surface area contributed by atoms with Crippen LogP contribution >= 0.6 is 0 Å². The third-order valence-electron chi connectivity index (χ3n) is 7.03. The van der Waals surface area contributed by atoms with E-state index in [2.05, 4.69) is 42.3 Å². The maximum absolute atomic E-state index is 13.4. The molecule has 1 aliphatic rings. The molecule has 0 atom stereocenters. The number of rotatable bonds is 8. The van der Waals surface area contributed by atoms with Crippen LogP contribution in [0.3, 0.4) is 0 Å². The fraction of sp³-hybridized carbons (Fsp3) is 0.273. The number of halogens is 3. The fourth-order valence-electron chi connectivity index (χ4n) is 4.84. The van der Waals surface area contributed by atoms with Crippen LogP contribution in [0, 0.1) is 11.8 Å². The summed E-state index contributed by atoms with van der Waals surface area (Å²) in [5, 5.41) is 5.74. The third-order valence-corrected chi connectivity index (χ3v) is 7.03. The molecule has 2 N–H and O–H groups in total. The molecule has 1 saturated heterocycles. The number of piperidine rings is 1. The van der Waals surface area contributed by atoms with Crippen LogP contribution in [0.25, 0.3) is 0 Å². The quantitative estimate of drug-likeness (QED) is 0.168. The second kappa shape index (κ2) is 14.5. The van der Waals surface area contributed by atoms with Gasteiger partial charge in [0, 0.05) is 30.7 Å². The molecule has 0 bridgehead atoms. The van der Waals surface area contributed by atoms with E-state index in [9.17, 15) is 18.0 Å². The smallest absolute Gasteiger partial charge is 0.354 e. The predicted octanol–water partition coefficient (Wildman–Crippen LogP) is 6.95. The van der Waals surface area contributed by atoms with Crippen LogP contribution in [-0.2, 0) is 6.18 Å². The number of benzene rings is 2. The zero-order valence-electron chi connectivity index (χ0n) is 24.0. The Labute approximate surface area is 254 Å². The van der Waals surface area contributed by atoms with Gasteiger partial charge in [-0.15, -0.1) is 0 Å². The summed E-state index contributed by atoms with van der Waals surface area (Å²) < 4.78 is 39.6. The maximum Gasteiger partial charge on any atom is 0.416 e. The Morgan fingerprint density at radius 2 is 1.59 bits per heavy atom. The molecule has 2 aromatic carbocycles. The van der Waals surface area contributed by atoms with Crippen molar-refractivity contribution in [2.45, 2.75) is 31.9 Å². The Kier molecular flexibility index (Phi) is 10.0. The number of urea groups is 1. The van der Waals surface area contributed by atoms with E-state index in [1.165, 1.54) is 37.3 Å². The van der Waals surface area contributed by atoms with Crippen LogP contribution in [-0.4, -0.2) is 52.1 Å². The molecule has 0 spiro atoms. The van der Waals surface area contributed by atoms with Gasteiger partial charge in [0.1, 0.15) is 5.82 Å². The Morgan fingerprint density at radius 3 is 2.34 bits per heavy atom. The minimum absolute atomic E-state index is 0.221. The van der Waals surface area contributed by atoms with Gasteiger partial charge in [-0.05, 0) is 81.4 Å². The Bertz CT molecular complexity index is 1600. The van der Waals surface area contributed by atoms with Gasteiger partial charge in [-0.1, -0.05) is 42.5 Å². The van der Waals surface area contributed by atoms with Crippen LogP contribution in [0.5, 0.6) is 0 Å². The van der Waals surface area contributed by atoms with Crippen molar-refractivity contribution >= 4 is 29.2 Å². The monoisotopic (exact) mass is 599 g/mol. The number of hydrogen-bond acceptors (Lipinski definition) is 6. The number of hydrogen-bond donors (Lipinski definition) is 2. The molecular weight excluding hydrogens is 567 g/mol. The van der Waals surface area contributed by atoms with Gasteiger partial charge in [0.25, 0.3) is 0 Å². The summed E-state index contributed by atoms with van der Waals surface area (Å²) in [6.07, 6.45) is 4.67. The van der Waals surface area contributed by atoms with Gasteiger partial charge in [-0.25, -0.2) is 19.7 Å². The average molecular weight is 600 g/mol. The summed E-state index contributed by atoms with van der Waals surface area (Å²) in [6, 6.07) is 16.7. The molecule has 3 heterocycles. The lowest BCUT2D eigenvalue weighted by molar-refractivity contribution is -0.137. The Morgan fingerprint density at radius 1 is 0.864 bits per heavy atom. The molecule has 0 unspecified atom stereocenters. The SMILES string of the molecule is O=C(Nc1cc(C(F)(F)F)ccn1)N(c1ccccc1)c1cccc(C#Cc2cnc(NCCCN3CCCCC3)nc2)c1. The van der Waals surface area contributed by atoms with Crippen molar-refractivity contribution in [3.05, 3.63) is 102 Å². The molecule has 2 aromatic heterocycles. The van der Waals surface area contributed by atoms with E-state index in [1.807, 2.05) is 0 Å². The number of likely N-dealkylation sites (tertiary alicyclic amines) is 1. The fourth-order valence-corrected chi connectivity index (χ4v) is 4.84. The van der Waals surface area contributed by atoms with Crippen molar-refractivity contribution in [3.8, 4) is 11.8 Å². The van der Waals surface area contributed by atoms with E-state index in [-0.39, 0.29) is 5.82 Å². The molecule has 4 aromatic rings. The number of anilines is 4. The average Bonchev–Trinajstić information content (AvgIpc) is 3.04. The molecular formula is C33H32F3N7O. The predicted molar refractivity (Wildman–Crippen MR) is 165 cm³/mol. The first-order chi connectivity index (χ1) is 21.3. The van der Waals surface area contributed by atoms with Crippen LogP contribution in [0.1, 0.15) is 42.4 Å². The lowest BCUT2D eigenvalue weighted by Gasteiger charge is -2.26. The molecule has 11 heteroatoms. The highest BCUT2D eigenvalue weighted by molar-refractivity contribution is 6.06. The van der Waals surface area contributed by atoms with Gasteiger partial charge in [0.15, 0.2) is 0 Å². The van der Waals surface area contributed by atoms with Crippen LogP contribution in [0.4, 0.5) is 41.1 Å². The van der Waals surface area contributed by atoms with Crippen LogP contribution in [0.15, 0.2) is 85.3 Å². The highest BCUT2D eigenvalue weighted by Crippen LogP contribution is 2.31. The minimum Gasteiger partial charge on any atom is -0.354 e. The molecule has 1 aliphatic heterocycles. The highest BCUT2D eigenvalue weighted by atomic mass is 19.4. The second-order valence-corrected chi connectivity index (χ2v) is 10.3. The molecule has 0 aliphatic carbocycles. The van der Waals surface area contributed by atoms with Crippen LogP contribution in [0.2, 0.25) is 0 Å². The lowest BCUT2D eigenvalue weighted by atomic mass is 10.1. The Hall–Kier alpha value is -4.95. The number of amides is 2. The summed E-state index contributed by atoms with van der Waals surface area (Å²) in [4.78, 5) is 29.9. The van der Waals surface area contributed by atoms with E-state index < -0.39 is 17.8 Å². The van der Waals surface area contributed by atoms with Crippen molar-refractivity contribution in [2.75, 3.05) is 41.7 Å². The largest absolute Gasteiger partial charge is 0.416 e. The van der Waals surface area contributed by atoms with Gasteiger partial charge < -0.3 is 10.2 Å². The van der Waals surface area contributed by atoms with E-state index in [1.54, 1.807) is 67.0 Å². The molecule has 8 nitrogen and oxygen atoms in total. The summed E-state index contributed by atoms with van der Waals surface area (Å²) >= 11 is 0. The zero-order valence-corrected chi connectivity index (χ0v) is 24.0. The maximum atomic E-state index is 13.4. The number of carbonyl (C=O) groups excluding carboxylic acids is 1. The standard InChI is InChI=1S/C33H32F3N7O/c34-33(35,36)27-15-17-37-30(22-27)41-32(44)43(28-10-3-1-4-11-28)29-12-7-9-25(21-29)13-14-26-23-39-31(40-24-26)38-16-8-20-42-18-5-2-6-19-42/h1,3-4,7,9-12,15,17,21-24H,2,5-6,8,16,18-20H2,(H,37,41,44)(H,38,39,40). The summed E-state index contributed by atoms with van der Waals surface area (Å²) in [7, 11) is 0. The van der Waals surface area contributed by atoms with E-state index >= 15 is 0 Å². The molecule has 5 rings (SSSR count). The number of alkyl halides is 3. The van der Waals surface area contributed by atoms with Crippen molar-refractivity contribution < 1.29 is 18.0 Å². The summed E-state index contributed by atoms with van der Waals surface area (Å²) in [5.74, 6) is 6.46. The normalized spacial score (nSPS) is 13.4. The number of carbonyl (C=O) groups is 1. The van der Waals surface area contributed by atoms with Gasteiger partial charge in [0.2, 0.25) is 5.95 Å². The molecule has 226 valence electrons. The molecule has 0 saturated carbocycles. The van der Waals surface area contributed by atoms with Crippen molar-refractivity contribution in [1.82, 2.24) is 19.9 Å². The van der Waals surface area contributed by atoms with E-state index in [0.29, 0.717) is 28.5 Å². The first kappa shape index (κ1) is 30.5. The van der Waals surface area contributed by atoms with Crippen molar-refractivity contribution in [3.63, 3.8) is 0 Å². The first-order valence-corrected chi connectivity index (χ1v) is 14.4. The topological polar surface area (TPSA) is 86.3 Å². The molecule has 44 heavy (non-hydrogen) atoms. The molecule has 0 radical (unpaired) electrons. The minimum atomic E-state index is -4.57. The number of nitrogens with one attached hydrogen (secondary N) is 2. The number of aromatic nitrogens is 3. The van der Waals surface area contributed by atoms with Crippen molar-refractivity contribution in [2.24, 2.45) is 0 Å². The summed E-state index contributed by atoms with van der Waals surface area (Å²) in [5.41, 5.74) is 1.31. The van der Waals surface area contributed by atoms with Gasteiger partial charge in [0.05, 0.1) is 22.5 Å². The van der Waals surface area contributed by atoms with Crippen LogP contribution < -0.4 is 15.5 Å². The first-order valence-electron chi connectivity index (χ1n) is 14.4. The number of pyridine rings is 1. The Balaban J connectivity index is 1.26.